The minimum absolute atomic E-state index is 0.0694. The van der Waals surface area contributed by atoms with Gasteiger partial charge in [-0.25, -0.2) is 0 Å². The van der Waals surface area contributed by atoms with E-state index in [0.717, 1.165) is 21.7 Å². The van der Waals surface area contributed by atoms with Gasteiger partial charge in [0.25, 0.3) is 0 Å². The summed E-state index contributed by atoms with van der Waals surface area (Å²) in [6.07, 6.45) is 0. The molecule has 25 heavy (non-hydrogen) atoms. The number of rotatable bonds is 6. The van der Waals surface area contributed by atoms with Crippen molar-refractivity contribution in [1.82, 2.24) is 5.32 Å². The summed E-state index contributed by atoms with van der Waals surface area (Å²) in [6.45, 7) is 5.58. The molecule has 0 unspecified atom stereocenters. The summed E-state index contributed by atoms with van der Waals surface area (Å²) in [5, 5.41) is 5.77. The highest BCUT2D eigenvalue weighted by Crippen LogP contribution is 2.29. The van der Waals surface area contributed by atoms with Gasteiger partial charge in [0, 0.05) is 10.6 Å². The van der Waals surface area contributed by atoms with Gasteiger partial charge in [-0.2, -0.15) is 0 Å². The fraction of sp³-hybridized carbons (Fsp3) is 0.263. The van der Waals surface area contributed by atoms with E-state index in [4.69, 9.17) is 11.6 Å². The van der Waals surface area contributed by atoms with Gasteiger partial charge in [0.1, 0.15) is 0 Å². The third kappa shape index (κ3) is 5.51. The normalized spacial score (nSPS) is 11.7. The van der Waals surface area contributed by atoms with Gasteiger partial charge in [-0.3, -0.25) is 9.59 Å². The van der Waals surface area contributed by atoms with E-state index >= 15 is 0 Å². The molecule has 0 aliphatic heterocycles. The molecule has 0 aromatic heterocycles. The van der Waals surface area contributed by atoms with Crippen LogP contribution in [0, 0.1) is 13.8 Å². The Kier molecular flexibility index (Phi) is 6.91. The zero-order valence-corrected chi connectivity index (χ0v) is 16.0. The number of para-hydroxylation sites is 1. The molecule has 2 amide bonds. The largest absolute Gasteiger partial charge is 0.346 e. The monoisotopic (exact) mass is 376 g/mol. The van der Waals surface area contributed by atoms with E-state index in [9.17, 15) is 9.59 Å². The maximum atomic E-state index is 12.2. The fourth-order valence-electron chi connectivity index (χ4n) is 2.29. The first-order valence-corrected chi connectivity index (χ1v) is 9.19. The quantitative estimate of drug-likeness (QED) is 0.743. The Morgan fingerprint density at radius 2 is 1.72 bits per heavy atom. The van der Waals surface area contributed by atoms with E-state index in [1.165, 1.54) is 11.8 Å². The van der Waals surface area contributed by atoms with E-state index in [0.29, 0.717) is 5.02 Å². The molecule has 0 saturated carbocycles. The minimum atomic E-state index is -0.354. The molecule has 1 atom stereocenters. The Morgan fingerprint density at radius 3 is 2.36 bits per heavy atom. The molecular weight excluding hydrogens is 356 g/mol. The van der Waals surface area contributed by atoms with Gasteiger partial charge in [0.2, 0.25) is 11.8 Å². The lowest BCUT2D eigenvalue weighted by molar-refractivity contribution is -0.123. The lowest BCUT2D eigenvalue weighted by Gasteiger charge is -2.14. The molecule has 4 nitrogen and oxygen atoms in total. The smallest absolute Gasteiger partial charge is 0.243 e. The van der Waals surface area contributed by atoms with E-state index in [2.05, 4.69) is 10.6 Å². The van der Waals surface area contributed by atoms with Crippen LogP contribution in [-0.2, 0) is 9.59 Å². The molecule has 0 aliphatic carbocycles. The van der Waals surface area contributed by atoms with Crippen molar-refractivity contribution in [3.63, 3.8) is 0 Å². The van der Waals surface area contributed by atoms with Crippen molar-refractivity contribution in [2.75, 3.05) is 11.9 Å². The summed E-state index contributed by atoms with van der Waals surface area (Å²) in [6, 6.07) is 13.2. The first-order chi connectivity index (χ1) is 11.9. The Hall–Kier alpha value is -1.98. The summed E-state index contributed by atoms with van der Waals surface area (Å²) in [7, 11) is 0. The van der Waals surface area contributed by atoms with Crippen molar-refractivity contribution in [3.8, 4) is 0 Å². The van der Waals surface area contributed by atoms with Crippen molar-refractivity contribution in [2.45, 2.75) is 30.9 Å². The molecule has 0 fully saturated rings. The summed E-state index contributed by atoms with van der Waals surface area (Å²) in [5.74, 6) is -0.456. The average Bonchev–Trinajstić information content (AvgIpc) is 2.58. The number of thioether (sulfide) groups is 1. The van der Waals surface area contributed by atoms with Crippen LogP contribution in [0.4, 0.5) is 5.69 Å². The second-order valence-electron chi connectivity index (χ2n) is 5.72. The van der Waals surface area contributed by atoms with Gasteiger partial charge in [-0.1, -0.05) is 41.9 Å². The first kappa shape index (κ1) is 19.3. The summed E-state index contributed by atoms with van der Waals surface area (Å²) >= 11 is 7.47. The molecule has 0 radical (unpaired) electrons. The Labute approximate surface area is 157 Å². The first-order valence-electron chi connectivity index (χ1n) is 7.93. The van der Waals surface area contributed by atoms with Crippen LogP contribution >= 0.6 is 23.4 Å². The fourth-order valence-corrected chi connectivity index (χ4v) is 3.47. The number of aryl methyl sites for hydroxylation is 2. The topological polar surface area (TPSA) is 58.2 Å². The number of hydrogen-bond acceptors (Lipinski definition) is 3. The summed E-state index contributed by atoms with van der Waals surface area (Å²) in [5.41, 5.74) is 2.77. The molecule has 2 aromatic carbocycles. The highest BCUT2D eigenvalue weighted by atomic mass is 35.5. The van der Waals surface area contributed by atoms with Crippen molar-refractivity contribution in [2.24, 2.45) is 0 Å². The Balaban J connectivity index is 1.87. The molecule has 0 saturated heterocycles. The Morgan fingerprint density at radius 1 is 1.08 bits per heavy atom. The molecule has 132 valence electrons. The molecular formula is C19H21ClN2O2S. The standard InChI is InChI=1S/C19H21ClN2O2S/c1-12-7-6-8-13(2)18(12)22-17(23)11-21-19(24)14(3)25-16-10-5-4-9-15(16)20/h4-10,14H,11H2,1-3H3,(H,21,24)(H,22,23)/t14-/m1/s1. The number of amides is 2. The van der Waals surface area contributed by atoms with Crippen LogP contribution in [0.25, 0.3) is 0 Å². The van der Waals surface area contributed by atoms with Crippen LogP contribution in [0.3, 0.4) is 0 Å². The highest BCUT2D eigenvalue weighted by molar-refractivity contribution is 8.00. The van der Waals surface area contributed by atoms with E-state index in [1.807, 2.05) is 50.2 Å². The zero-order chi connectivity index (χ0) is 18.4. The van der Waals surface area contributed by atoms with Crippen molar-refractivity contribution in [3.05, 3.63) is 58.6 Å². The minimum Gasteiger partial charge on any atom is -0.346 e. The van der Waals surface area contributed by atoms with Gasteiger partial charge < -0.3 is 10.6 Å². The third-order valence-electron chi connectivity index (χ3n) is 3.68. The maximum Gasteiger partial charge on any atom is 0.243 e. The predicted octanol–water partition coefficient (Wildman–Crippen LogP) is 4.19. The van der Waals surface area contributed by atoms with Gasteiger partial charge in [0.05, 0.1) is 16.8 Å². The number of nitrogens with one attached hydrogen (secondary N) is 2. The van der Waals surface area contributed by atoms with Crippen LogP contribution in [0.1, 0.15) is 18.1 Å². The van der Waals surface area contributed by atoms with Crippen LogP contribution < -0.4 is 10.6 Å². The van der Waals surface area contributed by atoms with Gasteiger partial charge in [-0.15, -0.1) is 11.8 Å². The van der Waals surface area contributed by atoms with Crippen LogP contribution in [0.15, 0.2) is 47.4 Å². The lowest BCUT2D eigenvalue weighted by Crippen LogP contribution is -2.37. The molecule has 0 bridgehead atoms. The SMILES string of the molecule is Cc1cccc(C)c1NC(=O)CNC(=O)[C@@H](C)Sc1ccccc1Cl. The van der Waals surface area contributed by atoms with Crippen LogP contribution in [0.5, 0.6) is 0 Å². The predicted molar refractivity (Wildman–Crippen MR) is 104 cm³/mol. The summed E-state index contributed by atoms with van der Waals surface area (Å²) in [4.78, 5) is 25.1. The van der Waals surface area contributed by atoms with Crippen molar-refractivity contribution in [1.29, 1.82) is 0 Å². The third-order valence-corrected chi connectivity index (χ3v) is 5.30. The number of hydrogen-bond donors (Lipinski definition) is 2. The number of carbonyl (C=O) groups excluding carboxylic acids is 2. The maximum absolute atomic E-state index is 12.2. The lowest BCUT2D eigenvalue weighted by atomic mass is 10.1. The number of benzene rings is 2. The molecule has 2 aromatic rings. The zero-order valence-electron chi connectivity index (χ0n) is 14.4. The average molecular weight is 377 g/mol. The Bertz CT molecular complexity index is 760. The molecule has 2 N–H and O–H groups in total. The molecule has 0 heterocycles. The van der Waals surface area contributed by atoms with Crippen LogP contribution in [0.2, 0.25) is 5.02 Å². The second-order valence-corrected chi connectivity index (χ2v) is 7.51. The highest BCUT2D eigenvalue weighted by Gasteiger charge is 2.17. The molecule has 0 spiro atoms. The number of halogens is 1. The molecule has 2 rings (SSSR count). The van der Waals surface area contributed by atoms with Gasteiger partial charge in [-0.05, 0) is 44.0 Å². The molecule has 6 heteroatoms. The van der Waals surface area contributed by atoms with Crippen LogP contribution in [-0.4, -0.2) is 23.6 Å². The van der Waals surface area contributed by atoms with Gasteiger partial charge >= 0.3 is 0 Å². The molecule has 0 aliphatic rings. The second kappa shape index (κ2) is 8.92. The van der Waals surface area contributed by atoms with Gasteiger partial charge in [0.15, 0.2) is 0 Å². The van der Waals surface area contributed by atoms with Crippen molar-refractivity contribution < 1.29 is 9.59 Å². The number of anilines is 1. The summed E-state index contributed by atoms with van der Waals surface area (Å²) < 4.78 is 0. The van der Waals surface area contributed by atoms with E-state index in [-0.39, 0.29) is 23.6 Å². The van der Waals surface area contributed by atoms with E-state index in [1.54, 1.807) is 13.0 Å². The van der Waals surface area contributed by atoms with E-state index < -0.39 is 0 Å². The van der Waals surface area contributed by atoms with Crippen molar-refractivity contribution >= 4 is 40.9 Å². The number of carbonyl (C=O) groups is 2.